The van der Waals surface area contributed by atoms with Gasteiger partial charge in [0.15, 0.2) is 0 Å². The molecule has 90 valence electrons. The van der Waals surface area contributed by atoms with Crippen molar-refractivity contribution in [1.82, 2.24) is 15.0 Å². The number of rotatable bonds is 3. The van der Waals surface area contributed by atoms with Gasteiger partial charge in [-0.2, -0.15) is 0 Å². The van der Waals surface area contributed by atoms with Crippen molar-refractivity contribution < 1.29 is 4.74 Å². The molecule has 0 fully saturated rings. The number of hydrogen-bond donors (Lipinski definition) is 0. The van der Waals surface area contributed by atoms with Crippen molar-refractivity contribution in [3.8, 4) is 11.4 Å². The van der Waals surface area contributed by atoms with Crippen molar-refractivity contribution in [2.24, 2.45) is 0 Å². The topological polar surface area (TPSA) is 39.9 Å². The predicted octanol–water partition coefficient (Wildman–Crippen LogP) is 3.39. The molecule has 1 unspecified atom stereocenters. The zero-order chi connectivity index (χ0) is 12.4. The fraction of sp³-hybridized carbons (Fsp3) is 0.273. The van der Waals surface area contributed by atoms with Crippen molar-refractivity contribution in [2.45, 2.75) is 11.8 Å². The van der Waals surface area contributed by atoms with Gasteiger partial charge in [0, 0.05) is 6.07 Å². The van der Waals surface area contributed by atoms with Crippen LogP contribution in [0.4, 0.5) is 0 Å². The second kappa shape index (κ2) is 5.06. The van der Waals surface area contributed by atoms with Crippen LogP contribution in [0.15, 0.2) is 24.4 Å². The Bertz CT molecular complexity index is 527. The summed E-state index contributed by atoms with van der Waals surface area (Å²) in [4.78, 5) is 0.172. The zero-order valence-electron chi connectivity index (χ0n) is 9.39. The molecule has 0 radical (unpaired) electrons. The highest BCUT2D eigenvalue weighted by molar-refractivity contribution is 9.09. The summed E-state index contributed by atoms with van der Waals surface area (Å²) in [6.07, 6.45) is 1.86. The minimum absolute atomic E-state index is 0.172. The number of alkyl halides is 1. The average molecular weight is 317 g/mol. The average Bonchev–Trinajstić information content (AvgIpc) is 2.79. The Morgan fingerprint density at radius 1 is 1.47 bits per heavy atom. The number of ether oxygens (including phenoxy) is 1. The van der Waals surface area contributed by atoms with E-state index in [0.717, 1.165) is 11.4 Å². The zero-order valence-corrected chi connectivity index (χ0v) is 11.7. The third kappa shape index (κ3) is 2.61. The van der Waals surface area contributed by atoms with E-state index in [1.165, 1.54) is 0 Å². The van der Waals surface area contributed by atoms with Crippen molar-refractivity contribution in [3.63, 3.8) is 0 Å². The van der Waals surface area contributed by atoms with Gasteiger partial charge in [-0.25, -0.2) is 4.68 Å². The monoisotopic (exact) mass is 315 g/mol. The molecule has 1 atom stereocenters. The standard InChI is InChI=1S/C11H11BrClN3O/c1-7(12)10-6-16(15-14-10)8-3-4-9(13)11(5-8)17-2/h3-7H,1-2H3. The lowest BCUT2D eigenvalue weighted by Crippen LogP contribution is -1.96. The van der Waals surface area contributed by atoms with Crippen LogP contribution in [0, 0.1) is 0 Å². The first-order valence-corrected chi connectivity index (χ1v) is 6.31. The lowest BCUT2D eigenvalue weighted by atomic mass is 10.3. The third-order valence-corrected chi connectivity index (χ3v) is 3.10. The van der Waals surface area contributed by atoms with E-state index >= 15 is 0 Å². The SMILES string of the molecule is COc1cc(-n2cc(C(C)Br)nn2)ccc1Cl. The Labute approximate surface area is 113 Å². The van der Waals surface area contributed by atoms with Gasteiger partial charge in [-0.1, -0.05) is 32.7 Å². The van der Waals surface area contributed by atoms with Gasteiger partial charge in [-0.15, -0.1) is 5.10 Å². The van der Waals surface area contributed by atoms with Gasteiger partial charge in [0.1, 0.15) is 5.75 Å². The minimum Gasteiger partial charge on any atom is -0.495 e. The molecule has 2 rings (SSSR count). The maximum absolute atomic E-state index is 5.96. The maximum atomic E-state index is 5.96. The van der Waals surface area contributed by atoms with Crippen molar-refractivity contribution >= 4 is 27.5 Å². The summed E-state index contributed by atoms with van der Waals surface area (Å²) in [7, 11) is 1.58. The molecule has 1 heterocycles. The van der Waals surface area contributed by atoms with E-state index in [4.69, 9.17) is 16.3 Å². The molecule has 0 aliphatic heterocycles. The first-order valence-electron chi connectivity index (χ1n) is 5.02. The second-order valence-corrected chi connectivity index (χ2v) is 5.30. The highest BCUT2D eigenvalue weighted by Gasteiger charge is 2.09. The largest absolute Gasteiger partial charge is 0.495 e. The molecule has 0 aliphatic rings. The molecule has 1 aromatic carbocycles. The predicted molar refractivity (Wildman–Crippen MR) is 70.3 cm³/mol. The number of halogens is 2. The van der Waals surface area contributed by atoms with E-state index in [-0.39, 0.29) is 4.83 Å². The summed E-state index contributed by atoms with van der Waals surface area (Å²) in [5, 5.41) is 8.69. The lowest BCUT2D eigenvalue weighted by molar-refractivity contribution is 0.414. The molecule has 0 saturated heterocycles. The molecule has 1 aromatic heterocycles. The third-order valence-electron chi connectivity index (χ3n) is 2.32. The Hall–Kier alpha value is -1.07. The summed E-state index contributed by atoms with van der Waals surface area (Å²) < 4.78 is 6.85. The molecule has 0 aliphatic carbocycles. The molecular weight excluding hydrogens is 305 g/mol. The van der Waals surface area contributed by atoms with Crippen molar-refractivity contribution in [3.05, 3.63) is 35.1 Å². The summed E-state index contributed by atoms with van der Waals surface area (Å²) in [5.41, 5.74) is 1.73. The molecule has 0 spiro atoms. The maximum Gasteiger partial charge on any atom is 0.139 e. The van der Waals surface area contributed by atoms with Crippen LogP contribution in [0.2, 0.25) is 5.02 Å². The highest BCUT2D eigenvalue weighted by Crippen LogP contribution is 2.27. The van der Waals surface area contributed by atoms with Crippen LogP contribution in [0.25, 0.3) is 5.69 Å². The Morgan fingerprint density at radius 3 is 2.82 bits per heavy atom. The molecule has 17 heavy (non-hydrogen) atoms. The van der Waals surface area contributed by atoms with E-state index in [9.17, 15) is 0 Å². The van der Waals surface area contributed by atoms with E-state index in [2.05, 4.69) is 26.2 Å². The van der Waals surface area contributed by atoms with Crippen LogP contribution in [0.1, 0.15) is 17.4 Å². The van der Waals surface area contributed by atoms with Crippen LogP contribution in [-0.4, -0.2) is 22.1 Å². The number of methoxy groups -OCH3 is 1. The van der Waals surface area contributed by atoms with Crippen molar-refractivity contribution in [1.29, 1.82) is 0 Å². The van der Waals surface area contributed by atoms with Crippen molar-refractivity contribution in [2.75, 3.05) is 7.11 Å². The summed E-state index contributed by atoms with van der Waals surface area (Å²) in [5.74, 6) is 0.619. The highest BCUT2D eigenvalue weighted by atomic mass is 79.9. The Kier molecular flexibility index (Phi) is 3.69. The fourth-order valence-electron chi connectivity index (χ4n) is 1.38. The molecule has 0 bridgehead atoms. The number of hydrogen-bond acceptors (Lipinski definition) is 3. The molecule has 0 N–H and O–H groups in total. The minimum atomic E-state index is 0.172. The van der Waals surface area contributed by atoms with Gasteiger partial charge >= 0.3 is 0 Å². The first kappa shape index (κ1) is 12.4. The molecular formula is C11H11BrClN3O. The Morgan fingerprint density at radius 2 is 2.24 bits per heavy atom. The quantitative estimate of drug-likeness (QED) is 0.815. The van der Waals surface area contributed by atoms with Gasteiger partial charge in [0.05, 0.1) is 34.5 Å². The molecule has 0 amide bonds. The Balaban J connectivity index is 2.38. The first-order chi connectivity index (χ1) is 8.11. The fourth-order valence-corrected chi connectivity index (χ4v) is 1.78. The molecule has 0 saturated carbocycles. The van der Waals surface area contributed by atoms with Crippen LogP contribution in [0.3, 0.4) is 0 Å². The van der Waals surface area contributed by atoms with Crippen LogP contribution < -0.4 is 4.74 Å². The van der Waals surface area contributed by atoms with Gasteiger partial charge in [-0.3, -0.25) is 0 Å². The second-order valence-electron chi connectivity index (χ2n) is 3.52. The summed E-state index contributed by atoms with van der Waals surface area (Å²) in [6.45, 7) is 2.00. The lowest BCUT2D eigenvalue weighted by Gasteiger charge is -2.05. The number of benzene rings is 1. The summed E-state index contributed by atoms with van der Waals surface area (Å²) >= 11 is 9.41. The van der Waals surface area contributed by atoms with Gasteiger partial charge in [-0.05, 0) is 19.1 Å². The van der Waals surface area contributed by atoms with Crippen LogP contribution in [-0.2, 0) is 0 Å². The van der Waals surface area contributed by atoms with Gasteiger partial charge < -0.3 is 4.74 Å². The van der Waals surface area contributed by atoms with E-state index in [1.54, 1.807) is 17.9 Å². The van der Waals surface area contributed by atoms with Gasteiger partial charge in [0.2, 0.25) is 0 Å². The van der Waals surface area contributed by atoms with E-state index in [1.807, 2.05) is 25.3 Å². The van der Waals surface area contributed by atoms with Crippen LogP contribution in [0.5, 0.6) is 5.75 Å². The summed E-state index contributed by atoms with van der Waals surface area (Å²) in [6, 6.07) is 5.45. The normalized spacial score (nSPS) is 12.5. The molecule has 4 nitrogen and oxygen atoms in total. The van der Waals surface area contributed by atoms with E-state index < -0.39 is 0 Å². The van der Waals surface area contributed by atoms with Gasteiger partial charge in [0.25, 0.3) is 0 Å². The van der Waals surface area contributed by atoms with Crippen LogP contribution >= 0.6 is 27.5 Å². The smallest absolute Gasteiger partial charge is 0.139 e. The van der Waals surface area contributed by atoms with E-state index in [0.29, 0.717) is 10.8 Å². The molecule has 2 aromatic rings. The number of aromatic nitrogens is 3. The molecule has 6 heteroatoms. The number of nitrogens with zero attached hydrogens (tertiary/aromatic N) is 3.